The van der Waals surface area contributed by atoms with E-state index in [9.17, 15) is 4.79 Å². The SMILES string of the molecule is CCc1ccccc1NC(=O)c1c(C)nsc1Nc1nc2ccccc2o1. The molecule has 2 aromatic heterocycles. The number of nitrogens with one attached hydrogen (secondary N) is 2. The maximum Gasteiger partial charge on any atom is 0.300 e. The molecule has 4 aromatic rings. The van der Waals surface area contributed by atoms with Gasteiger partial charge in [-0.25, -0.2) is 0 Å². The monoisotopic (exact) mass is 378 g/mol. The lowest BCUT2D eigenvalue weighted by molar-refractivity contribution is 0.102. The Morgan fingerprint density at radius 3 is 2.74 bits per heavy atom. The van der Waals surface area contributed by atoms with E-state index in [2.05, 4.69) is 26.9 Å². The molecule has 0 fully saturated rings. The molecule has 6 nitrogen and oxygen atoms in total. The third-order valence-electron chi connectivity index (χ3n) is 4.25. The fourth-order valence-electron chi connectivity index (χ4n) is 2.88. The molecule has 2 N–H and O–H groups in total. The number of nitrogens with zero attached hydrogens (tertiary/aromatic N) is 2. The van der Waals surface area contributed by atoms with Gasteiger partial charge in [0.25, 0.3) is 5.91 Å². The van der Waals surface area contributed by atoms with Gasteiger partial charge in [-0.3, -0.25) is 10.1 Å². The zero-order valence-electron chi connectivity index (χ0n) is 14.9. The fourth-order valence-corrected chi connectivity index (χ4v) is 3.66. The minimum absolute atomic E-state index is 0.208. The second kappa shape index (κ2) is 7.20. The summed E-state index contributed by atoms with van der Waals surface area (Å²) >= 11 is 1.21. The number of hydrogen-bond acceptors (Lipinski definition) is 6. The Labute approximate surface area is 160 Å². The zero-order chi connectivity index (χ0) is 18.8. The van der Waals surface area contributed by atoms with Crippen LogP contribution in [0.1, 0.15) is 28.5 Å². The molecule has 2 aromatic carbocycles. The first-order chi connectivity index (χ1) is 13.2. The number of amides is 1. The van der Waals surface area contributed by atoms with Gasteiger partial charge in [-0.2, -0.15) is 9.36 Å². The van der Waals surface area contributed by atoms with Crippen molar-refractivity contribution in [2.45, 2.75) is 20.3 Å². The standard InChI is InChI=1S/C20H18N4O2S/c1-3-13-8-4-5-9-14(13)21-18(25)17-12(2)24-27-19(17)23-20-22-15-10-6-7-11-16(15)26-20/h4-11H,3H2,1-2H3,(H,21,25)(H,22,23). The summed E-state index contributed by atoms with van der Waals surface area (Å²) in [6.45, 7) is 3.87. The van der Waals surface area contributed by atoms with Gasteiger partial charge in [-0.05, 0) is 48.6 Å². The highest BCUT2D eigenvalue weighted by atomic mass is 32.1. The van der Waals surface area contributed by atoms with Crippen LogP contribution >= 0.6 is 11.5 Å². The predicted octanol–water partition coefficient (Wildman–Crippen LogP) is 5.15. The molecule has 2 heterocycles. The first kappa shape index (κ1) is 17.2. The van der Waals surface area contributed by atoms with Gasteiger partial charge in [0.05, 0.1) is 11.3 Å². The van der Waals surface area contributed by atoms with E-state index in [4.69, 9.17) is 4.42 Å². The Kier molecular flexibility index (Phi) is 4.60. The lowest BCUT2D eigenvalue weighted by Gasteiger charge is -2.10. The number of anilines is 3. The summed E-state index contributed by atoms with van der Waals surface area (Å²) in [6, 6.07) is 15.6. The van der Waals surface area contributed by atoms with Gasteiger partial charge in [0, 0.05) is 5.69 Å². The lowest BCUT2D eigenvalue weighted by Crippen LogP contribution is -2.15. The van der Waals surface area contributed by atoms with Crippen LogP contribution in [0.25, 0.3) is 11.1 Å². The van der Waals surface area contributed by atoms with Crippen LogP contribution < -0.4 is 10.6 Å². The fraction of sp³-hybridized carbons (Fsp3) is 0.150. The number of oxazole rings is 1. The van der Waals surface area contributed by atoms with E-state index in [-0.39, 0.29) is 5.91 Å². The third-order valence-corrected chi connectivity index (χ3v) is 5.10. The number of aryl methyl sites for hydroxylation is 2. The maximum absolute atomic E-state index is 12.9. The average molecular weight is 378 g/mol. The summed E-state index contributed by atoms with van der Waals surface area (Å²) in [5, 5.41) is 6.69. The summed E-state index contributed by atoms with van der Waals surface area (Å²) in [4.78, 5) is 17.3. The van der Waals surface area contributed by atoms with Crippen LogP contribution in [-0.4, -0.2) is 15.3 Å². The van der Waals surface area contributed by atoms with E-state index in [0.717, 1.165) is 23.2 Å². The van der Waals surface area contributed by atoms with Gasteiger partial charge in [-0.1, -0.05) is 37.3 Å². The number of benzene rings is 2. The van der Waals surface area contributed by atoms with Crippen molar-refractivity contribution in [3.8, 4) is 0 Å². The number of aromatic nitrogens is 2. The van der Waals surface area contributed by atoms with Crippen molar-refractivity contribution in [3.05, 3.63) is 65.4 Å². The number of carbonyl (C=O) groups excluding carboxylic acids is 1. The van der Waals surface area contributed by atoms with E-state index in [0.29, 0.717) is 27.9 Å². The van der Waals surface area contributed by atoms with Gasteiger partial charge in [0.1, 0.15) is 10.5 Å². The zero-order valence-corrected chi connectivity index (χ0v) is 15.8. The Morgan fingerprint density at radius 2 is 1.93 bits per heavy atom. The van der Waals surface area contributed by atoms with Gasteiger partial charge in [0.2, 0.25) is 0 Å². The molecule has 0 aliphatic heterocycles. The first-order valence-electron chi connectivity index (χ1n) is 8.64. The highest BCUT2D eigenvalue weighted by Gasteiger charge is 2.21. The predicted molar refractivity (Wildman–Crippen MR) is 108 cm³/mol. The number of rotatable bonds is 5. The molecule has 0 radical (unpaired) electrons. The highest BCUT2D eigenvalue weighted by Crippen LogP contribution is 2.30. The van der Waals surface area contributed by atoms with Gasteiger partial charge in [-0.15, -0.1) is 0 Å². The Balaban J connectivity index is 1.62. The number of carbonyl (C=O) groups is 1. The van der Waals surface area contributed by atoms with Gasteiger partial charge < -0.3 is 9.73 Å². The van der Waals surface area contributed by atoms with Gasteiger partial charge >= 0.3 is 6.01 Å². The van der Waals surface area contributed by atoms with Crippen molar-refractivity contribution in [2.24, 2.45) is 0 Å². The van der Waals surface area contributed by atoms with E-state index < -0.39 is 0 Å². The second-order valence-electron chi connectivity index (χ2n) is 6.05. The lowest BCUT2D eigenvalue weighted by atomic mass is 10.1. The smallest absolute Gasteiger partial charge is 0.300 e. The molecular formula is C20H18N4O2S. The molecule has 0 unspecified atom stereocenters. The van der Waals surface area contributed by atoms with Crippen LogP contribution in [0, 0.1) is 6.92 Å². The van der Waals surface area contributed by atoms with E-state index in [1.165, 1.54) is 11.5 Å². The Hall–Kier alpha value is -3.19. The second-order valence-corrected chi connectivity index (χ2v) is 6.82. The number of hydrogen-bond donors (Lipinski definition) is 2. The Bertz CT molecular complexity index is 1080. The van der Waals surface area contributed by atoms with Crippen LogP contribution in [0.5, 0.6) is 0 Å². The molecule has 136 valence electrons. The summed E-state index contributed by atoms with van der Waals surface area (Å²) < 4.78 is 10.0. The van der Waals surface area contributed by atoms with Crippen LogP contribution in [0.15, 0.2) is 52.9 Å². The summed E-state index contributed by atoms with van der Waals surface area (Å²) in [5.74, 6) is -0.208. The van der Waals surface area contributed by atoms with Crippen LogP contribution in [0.4, 0.5) is 16.7 Å². The molecule has 0 aliphatic rings. The Morgan fingerprint density at radius 1 is 1.15 bits per heavy atom. The molecule has 1 amide bonds. The van der Waals surface area contributed by atoms with Crippen molar-refractivity contribution in [1.82, 2.24) is 9.36 Å². The molecule has 0 saturated heterocycles. The first-order valence-corrected chi connectivity index (χ1v) is 9.41. The van der Waals surface area contributed by atoms with Crippen LogP contribution in [0.3, 0.4) is 0 Å². The molecule has 27 heavy (non-hydrogen) atoms. The molecule has 4 rings (SSSR count). The number of para-hydroxylation sites is 3. The highest BCUT2D eigenvalue weighted by molar-refractivity contribution is 7.10. The van der Waals surface area contributed by atoms with Crippen molar-refractivity contribution in [2.75, 3.05) is 10.6 Å². The third kappa shape index (κ3) is 3.41. The summed E-state index contributed by atoms with van der Waals surface area (Å²) in [5.41, 5.74) is 4.48. The van der Waals surface area contributed by atoms with Crippen molar-refractivity contribution in [1.29, 1.82) is 0 Å². The van der Waals surface area contributed by atoms with Crippen molar-refractivity contribution < 1.29 is 9.21 Å². The van der Waals surface area contributed by atoms with Gasteiger partial charge in [0.15, 0.2) is 5.58 Å². The molecule has 7 heteroatoms. The van der Waals surface area contributed by atoms with E-state index >= 15 is 0 Å². The minimum Gasteiger partial charge on any atom is -0.423 e. The normalized spacial score (nSPS) is 10.9. The van der Waals surface area contributed by atoms with Crippen LogP contribution in [0.2, 0.25) is 0 Å². The molecule has 0 bridgehead atoms. The van der Waals surface area contributed by atoms with Crippen molar-refractivity contribution in [3.63, 3.8) is 0 Å². The molecule has 0 spiro atoms. The maximum atomic E-state index is 12.9. The van der Waals surface area contributed by atoms with E-state index in [1.54, 1.807) is 0 Å². The molecule has 0 atom stereocenters. The van der Waals surface area contributed by atoms with Crippen molar-refractivity contribution >= 4 is 45.2 Å². The largest absolute Gasteiger partial charge is 0.423 e. The molecular weight excluding hydrogens is 360 g/mol. The summed E-state index contributed by atoms with van der Waals surface area (Å²) in [7, 11) is 0. The molecule has 0 saturated carbocycles. The quantitative estimate of drug-likeness (QED) is 0.502. The summed E-state index contributed by atoms with van der Waals surface area (Å²) in [6.07, 6.45) is 0.839. The topological polar surface area (TPSA) is 80.0 Å². The van der Waals surface area contributed by atoms with Crippen LogP contribution in [-0.2, 0) is 6.42 Å². The average Bonchev–Trinajstić information content (AvgIpc) is 3.25. The number of fused-ring (bicyclic) bond motifs is 1. The van der Waals surface area contributed by atoms with E-state index in [1.807, 2.05) is 55.5 Å². The minimum atomic E-state index is -0.208. The molecule has 0 aliphatic carbocycles.